The molecular weight excluding hydrogens is 372 g/mol. The van der Waals surface area contributed by atoms with Crippen molar-refractivity contribution in [1.82, 2.24) is 9.80 Å². The first kappa shape index (κ1) is 20.6. The van der Waals surface area contributed by atoms with E-state index in [1.54, 1.807) is 16.7 Å². The first-order valence-corrected chi connectivity index (χ1v) is 9.85. The molecule has 2 heterocycles. The molecule has 1 aromatic heterocycles. The Hall–Kier alpha value is -3.09. The second-order valence-electron chi connectivity index (χ2n) is 7.30. The largest absolute Gasteiger partial charge is 0.481 e. The van der Waals surface area contributed by atoms with Gasteiger partial charge in [-0.2, -0.15) is 0 Å². The predicted octanol–water partition coefficient (Wildman–Crippen LogP) is 2.52. The maximum atomic E-state index is 12.9. The molecule has 1 N–H and O–H groups in total. The van der Waals surface area contributed by atoms with Gasteiger partial charge in [0, 0.05) is 38.2 Å². The zero-order chi connectivity index (χ0) is 20.8. The van der Waals surface area contributed by atoms with Crippen molar-refractivity contribution in [2.75, 3.05) is 26.2 Å². The molecule has 1 aliphatic rings. The van der Waals surface area contributed by atoms with Crippen molar-refractivity contribution in [3.8, 4) is 0 Å². The first-order valence-electron chi connectivity index (χ1n) is 9.85. The van der Waals surface area contributed by atoms with Crippen molar-refractivity contribution in [2.45, 2.75) is 32.6 Å². The van der Waals surface area contributed by atoms with E-state index in [0.29, 0.717) is 43.7 Å². The number of carboxylic acid groups (broad SMARTS) is 1. The molecule has 2 aromatic rings. The number of benzene rings is 1. The molecule has 0 radical (unpaired) electrons. The summed E-state index contributed by atoms with van der Waals surface area (Å²) in [5.74, 6) is -0.985. The molecule has 2 amide bonds. The summed E-state index contributed by atoms with van der Waals surface area (Å²) in [4.78, 5) is 39.8. The SMILES string of the molecule is Cc1coc(CC(=O)O)c1C(=O)N1CCN(C(=O)CCCc2ccccc2)CC1. The number of rotatable bonds is 7. The lowest BCUT2D eigenvalue weighted by Gasteiger charge is -2.35. The van der Waals surface area contributed by atoms with E-state index < -0.39 is 5.97 Å². The minimum absolute atomic E-state index is 0.110. The summed E-state index contributed by atoms with van der Waals surface area (Å²) in [7, 11) is 0. The highest BCUT2D eigenvalue weighted by Gasteiger charge is 2.28. The molecule has 1 fully saturated rings. The fourth-order valence-electron chi connectivity index (χ4n) is 3.62. The zero-order valence-corrected chi connectivity index (χ0v) is 16.6. The van der Waals surface area contributed by atoms with E-state index >= 15 is 0 Å². The van der Waals surface area contributed by atoms with Gasteiger partial charge in [0.15, 0.2) is 0 Å². The number of furan rings is 1. The Bertz CT molecular complexity index is 867. The summed E-state index contributed by atoms with van der Waals surface area (Å²) in [6.07, 6.45) is 3.26. The molecule has 0 saturated carbocycles. The third-order valence-electron chi connectivity index (χ3n) is 5.20. The third kappa shape index (κ3) is 5.25. The van der Waals surface area contributed by atoms with Crippen LogP contribution in [0, 0.1) is 6.92 Å². The monoisotopic (exact) mass is 398 g/mol. The van der Waals surface area contributed by atoms with Crippen LogP contribution in [-0.4, -0.2) is 58.9 Å². The maximum absolute atomic E-state index is 12.9. The van der Waals surface area contributed by atoms with Crippen LogP contribution in [0.2, 0.25) is 0 Å². The smallest absolute Gasteiger partial charge is 0.311 e. The summed E-state index contributed by atoms with van der Waals surface area (Å²) in [6, 6.07) is 10.1. The van der Waals surface area contributed by atoms with Gasteiger partial charge in [0.2, 0.25) is 5.91 Å². The van der Waals surface area contributed by atoms with Crippen LogP contribution >= 0.6 is 0 Å². The van der Waals surface area contributed by atoms with E-state index in [-0.39, 0.29) is 24.0 Å². The Kier molecular flexibility index (Phi) is 6.69. The number of carbonyl (C=O) groups excluding carboxylic acids is 2. The van der Waals surface area contributed by atoms with Crippen LogP contribution in [0.5, 0.6) is 0 Å². The van der Waals surface area contributed by atoms with Gasteiger partial charge in [-0.05, 0) is 25.3 Å². The van der Waals surface area contributed by atoms with Gasteiger partial charge in [0.1, 0.15) is 12.2 Å². The van der Waals surface area contributed by atoms with Crippen LogP contribution < -0.4 is 0 Å². The highest BCUT2D eigenvalue weighted by molar-refractivity contribution is 5.97. The van der Waals surface area contributed by atoms with Crippen molar-refractivity contribution in [2.24, 2.45) is 0 Å². The molecule has 0 bridgehead atoms. The van der Waals surface area contributed by atoms with Crippen molar-refractivity contribution in [1.29, 1.82) is 0 Å². The van der Waals surface area contributed by atoms with E-state index in [4.69, 9.17) is 9.52 Å². The van der Waals surface area contributed by atoms with Gasteiger partial charge in [0.25, 0.3) is 5.91 Å². The number of hydrogen-bond acceptors (Lipinski definition) is 4. The molecule has 0 aliphatic carbocycles. The highest BCUT2D eigenvalue weighted by Crippen LogP contribution is 2.21. The molecule has 0 unspecified atom stereocenters. The van der Waals surface area contributed by atoms with Crippen molar-refractivity contribution < 1.29 is 23.9 Å². The van der Waals surface area contributed by atoms with Gasteiger partial charge in [0.05, 0.1) is 11.8 Å². The van der Waals surface area contributed by atoms with Crippen molar-refractivity contribution in [3.05, 3.63) is 59.0 Å². The first-order chi connectivity index (χ1) is 14.0. The average molecular weight is 398 g/mol. The lowest BCUT2D eigenvalue weighted by Crippen LogP contribution is -2.50. The quantitative estimate of drug-likeness (QED) is 0.774. The molecule has 1 saturated heterocycles. The van der Waals surface area contributed by atoms with Crippen LogP contribution in [0.25, 0.3) is 0 Å². The summed E-state index contributed by atoms with van der Waals surface area (Å²) < 4.78 is 5.27. The number of nitrogens with zero attached hydrogens (tertiary/aromatic N) is 2. The third-order valence-corrected chi connectivity index (χ3v) is 5.20. The second kappa shape index (κ2) is 9.41. The predicted molar refractivity (Wildman–Crippen MR) is 107 cm³/mol. The van der Waals surface area contributed by atoms with E-state index in [0.717, 1.165) is 12.8 Å². The van der Waals surface area contributed by atoms with E-state index in [1.807, 2.05) is 18.2 Å². The molecule has 1 aliphatic heterocycles. The highest BCUT2D eigenvalue weighted by atomic mass is 16.4. The minimum atomic E-state index is -1.04. The number of aryl methyl sites for hydroxylation is 2. The normalized spacial score (nSPS) is 14.1. The summed E-state index contributed by atoms with van der Waals surface area (Å²) >= 11 is 0. The molecule has 7 heteroatoms. The molecule has 1 aromatic carbocycles. The van der Waals surface area contributed by atoms with Crippen molar-refractivity contribution >= 4 is 17.8 Å². The number of aliphatic carboxylic acids is 1. The van der Waals surface area contributed by atoms with E-state index in [1.165, 1.54) is 11.8 Å². The van der Waals surface area contributed by atoms with E-state index in [9.17, 15) is 14.4 Å². The molecule has 0 spiro atoms. The fraction of sp³-hybridized carbons (Fsp3) is 0.409. The van der Waals surface area contributed by atoms with Gasteiger partial charge < -0.3 is 19.3 Å². The number of carbonyl (C=O) groups is 3. The molecular formula is C22H26N2O5. The summed E-state index contributed by atoms with van der Waals surface area (Å²) in [5.41, 5.74) is 2.18. The number of hydrogen-bond donors (Lipinski definition) is 1. The Morgan fingerprint density at radius 2 is 1.69 bits per heavy atom. The molecule has 7 nitrogen and oxygen atoms in total. The zero-order valence-electron chi connectivity index (χ0n) is 16.6. The Labute approximate surface area is 169 Å². The van der Waals surface area contributed by atoms with Crippen LogP contribution in [0.1, 0.15) is 40.1 Å². The average Bonchev–Trinajstić information content (AvgIpc) is 3.07. The lowest BCUT2D eigenvalue weighted by molar-refractivity contribution is -0.136. The van der Waals surface area contributed by atoms with E-state index in [2.05, 4.69) is 12.1 Å². The molecule has 29 heavy (non-hydrogen) atoms. The molecule has 154 valence electrons. The lowest BCUT2D eigenvalue weighted by atomic mass is 10.1. The van der Waals surface area contributed by atoms with Crippen LogP contribution in [0.4, 0.5) is 0 Å². The van der Waals surface area contributed by atoms with Gasteiger partial charge in [-0.15, -0.1) is 0 Å². The van der Waals surface area contributed by atoms with Gasteiger partial charge in [-0.25, -0.2) is 0 Å². The fourth-order valence-corrected chi connectivity index (χ4v) is 3.62. The standard InChI is InChI=1S/C22H26N2O5/c1-16-15-29-18(14-20(26)27)21(16)22(28)24-12-10-23(11-13-24)19(25)9-5-8-17-6-3-2-4-7-17/h2-4,6-7,15H,5,8-14H2,1H3,(H,26,27). The van der Waals surface area contributed by atoms with Gasteiger partial charge in [-0.1, -0.05) is 30.3 Å². The van der Waals surface area contributed by atoms with Crippen LogP contribution in [0.15, 0.2) is 41.0 Å². The molecule has 3 rings (SSSR count). The van der Waals surface area contributed by atoms with Gasteiger partial charge >= 0.3 is 5.97 Å². The minimum Gasteiger partial charge on any atom is -0.481 e. The maximum Gasteiger partial charge on any atom is 0.311 e. The number of amides is 2. The Morgan fingerprint density at radius 3 is 2.34 bits per heavy atom. The number of carboxylic acids is 1. The Balaban J connectivity index is 1.50. The second-order valence-corrected chi connectivity index (χ2v) is 7.30. The van der Waals surface area contributed by atoms with Crippen LogP contribution in [0.3, 0.4) is 0 Å². The molecule has 0 atom stereocenters. The summed E-state index contributed by atoms with van der Waals surface area (Å²) in [5, 5.41) is 9.00. The summed E-state index contributed by atoms with van der Waals surface area (Å²) in [6.45, 7) is 3.57. The topological polar surface area (TPSA) is 91.1 Å². The van der Waals surface area contributed by atoms with Gasteiger partial charge in [-0.3, -0.25) is 14.4 Å². The Morgan fingerprint density at radius 1 is 1.03 bits per heavy atom. The van der Waals surface area contributed by atoms with Crippen LogP contribution in [-0.2, 0) is 22.4 Å². The number of piperazine rings is 1. The van der Waals surface area contributed by atoms with Crippen molar-refractivity contribution in [3.63, 3.8) is 0 Å².